The van der Waals surface area contributed by atoms with Gasteiger partial charge in [0.25, 0.3) is 5.91 Å². The highest BCUT2D eigenvalue weighted by molar-refractivity contribution is 7.22. The van der Waals surface area contributed by atoms with Gasteiger partial charge in [-0.1, -0.05) is 0 Å². The summed E-state index contributed by atoms with van der Waals surface area (Å²) < 4.78 is 0.900. The summed E-state index contributed by atoms with van der Waals surface area (Å²) in [6.45, 7) is 0. The van der Waals surface area contributed by atoms with Crippen molar-refractivity contribution in [2.75, 3.05) is 5.73 Å². The summed E-state index contributed by atoms with van der Waals surface area (Å²) in [4.78, 5) is 16.9. The van der Waals surface area contributed by atoms with E-state index in [0.717, 1.165) is 14.9 Å². The Balaban J connectivity index is 2.45. The normalized spacial score (nSPS) is 11.2. The zero-order valence-electron chi connectivity index (χ0n) is 8.06. The van der Waals surface area contributed by atoms with Gasteiger partial charge in [-0.15, -0.1) is 22.7 Å². The molecule has 6 heteroatoms. The van der Waals surface area contributed by atoms with E-state index in [1.54, 1.807) is 11.3 Å². The van der Waals surface area contributed by atoms with Crippen molar-refractivity contribution < 1.29 is 4.79 Å². The molecule has 3 aromatic rings. The van der Waals surface area contributed by atoms with Crippen molar-refractivity contribution in [3.8, 4) is 0 Å². The highest BCUT2D eigenvalue weighted by Gasteiger charge is 2.15. The summed E-state index contributed by atoms with van der Waals surface area (Å²) in [5.41, 5.74) is 12.2. The molecule has 0 spiro atoms. The number of hydrogen-bond acceptors (Lipinski definition) is 5. The topological polar surface area (TPSA) is 82.0 Å². The van der Waals surface area contributed by atoms with Crippen molar-refractivity contribution >= 4 is 54.7 Å². The molecule has 4 nitrogen and oxygen atoms in total. The SMILES string of the molecule is NC(=O)c1sc2cc3ccsc3nc2c1N. The second-order valence-electron chi connectivity index (χ2n) is 3.36. The van der Waals surface area contributed by atoms with Gasteiger partial charge in [-0.2, -0.15) is 0 Å². The Morgan fingerprint density at radius 3 is 3.00 bits per heavy atom. The number of fused-ring (bicyclic) bond motifs is 2. The van der Waals surface area contributed by atoms with E-state index in [2.05, 4.69) is 4.98 Å². The van der Waals surface area contributed by atoms with Crippen molar-refractivity contribution in [1.82, 2.24) is 4.98 Å². The molecule has 0 bridgehead atoms. The van der Waals surface area contributed by atoms with Crippen LogP contribution in [-0.2, 0) is 0 Å². The molecule has 0 unspecified atom stereocenters. The third kappa shape index (κ3) is 1.20. The minimum Gasteiger partial charge on any atom is -0.396 e. The smallest absolute Gasteiger partial charge is 0.260 e. The fourth-order valence-corrected chi connectivity index (χ4v) is 3.32. The van der Waals surface area contributed by atoms with E-state index in [1.807, 2.05) is 17.5 Å². The van der Waals surface area contributed by atoms with Crippen LogP contribution in [0.3, 0.4) is 0 Å². The van der Waals surface area contributed by atoms with Crippen LogP contribution < -0.4 is 11.5 Å². The molecule has 0 aromatic carbocycles. The third-order valence-electron chi connectivity index (χ3n) is 2.34. The number of nitrogen functional groups attached to an aromatic ring is 1. The second-order valence-corrected chi connectivity index (χ2v) is 5.31. The maximum Gasteiger partial charge on any atom is 0.260 e. The number of rotatable bonds is 1. The molecule has 3 rings (SSSR count). The molecular formula is C10H7N3OS2. The van der Waals surface area contributed by atoms with E-state index >= 15 is 0 Å². The van der Waals surface area contributed by atoms with Crippen molar-refractivity contribution in [1.29, 1.82) is 0 Å². The Bertz CT molecular complexity index is 713. The molecule has 0 aliphatic carbocycles. The maximum atomic E-state index is 11.2. The molecule has 0 aliphatic rings. The lowest BCUT2D eigenvalue weighted by Gasteiger charge is -1.92. The van der Waals surface area contributed by atoms with Gasteiger partial charge in [-0.05, 0) is 17.5 Å². The van der Waals surface area contributed by atoms with E-state index in [1.165, 1.54) is 11.3 Å². The van der Waals surface area contributed by atoms with Crippen LogP contribution in [0.2, 0.25) is 0 Å². The lowest BCUT2D eigenvalue weighted by molar-refractivity contribution is 0.100. The summed E-state index contributed by atoms with van der Waals surface area (Å²) in [5, 5.41) is 3.04. The van der Waals surface area contributed by atoms with Crippen molar-refractivity contribution in [2.24, 2.45) is 5.73 Å². The Hall–Kier alpha value is -1.66. The average Bonchev–Trinajstić information content (AvgIpc) is 2.80. The first-order valence-corrected chi connectivity index (χ1v) is 6.22. The van der Waals surface area contributed by atoms with Crippen LogP contribution in [-0.4, -0.2) is 10.9 Å². The lowest BCUT2D eigenvalue weighted by atomic mass is 10.3. The number of primary amides is 1. The number of anilines is 1. The van der Waals surface area contributed by atoms with Gasteiger partial charge >= 0.3 is 0 Å². The lowest BCUT2D eigenvalue weighted by Crippen LogP contribution is -2.10. The van der Waals surface area contributed by atoms with Crippen LogP contribution in [0.5, 0.6) is 0 Å². The van der Waals surface area contributed by atoms with Gasteiger partial charge in [-0.3, -0.25) is 4.79 Å². The molecule has 0 fully saturated rings. The molecule has 80 valence electrons. The maximum absolute atomic E-state index is 11.2. The van der Waals surface area contributed by atoms with Crippen LogP contribution in [0.15, 0.2) is 17.5 Å². The zero-order valence-corrected chi connectivity index (χ0v) is 9.69. The summed E-state index contributed by atoms with van der Waals surface area (Å²) in [6.07, 6.45) is 0. The second kappa shape index (κ2) is 3.16. The fourth-order valence-electron chi connectivity index (χ4n) is 1.60. The molecule has 3 heterocycles. The molecule has 0 atom stereocenters. The molecule has 0 aliphatic heterocycles. The summed E-state index contributed by atoms with van der Waals surface area (Å²) in [5.74, 6) is -0.496. The number of hydrogen-bond donors (Lipinski definition) is 2. The highest BCUT2D eigenvalue weighted by atomic mass is 32.1. The van der Waals surface area contributed by atoms with Crippen molar-refractivity contribution in [3.05, 3.63) is 22.4 Å². The predicted octanol–water partition coefficient (Wildman–Crippen LogP) is 2.19. The standard InChI is InChI=1S/C10H7N3OS2/c11-6-7-5(16-8(6)9(12)14)3-4-1-2-15-10(4)13-7/h1-3H,11H2,(H2,12,14). The van der Waals surface area contributed by atoms with Gasteiger partial charge in [0, 0.05) is 5.39 Å². The first-order valence-electron chi connectivity index (χ1n) is 4.53. The van der Waals surface area contributed by atoms with Gasteiger partial charge < -0.3 is 11.5 Å². The number of aromatic nitrogens is 1. The minimum absolute atomic E-state index is 0.389. The average molecular weight is 249 g/mol. The van der Waals surface area contributed by atoms with Crippen molar-refractivity contribution in [3.63, 3.8) is 0 Å². The minimum atomic E-state index is -0.496. The van der Waals surface area contributed by atoms with Crippen LogP contribution in [0.25, 0.3) is 20.4 Å². The van der Waals surface area contributed by atoms with Gasteiger partial charge in [0.15, 0.2) is 0 Å². The molecule has 0 radical (unpaired) electrons. The number of carbonyl (C=O) groups is 1. The molecular weight excluding hydrogens is 242 g/mol. The molecule has 0 saturated carbocycles. The summed E-state index contributed by atoms with van der Waals surface area (Å²) in [6, 6.07) is 3.98. The van der Waals surface area contributed by atoms with E-state index in [-0.39, 0.29) is 0 Å². The third-order valence-corrected chi connectivity index (χ3v) is 4.32. The van der Waals surface area contributed by atoms with E-state index in [4.69, 9.17) is 11.5 Å². The molecule has 3 aromatic heterocycles. The van der Waals surface area contributed by atoms with Crippen LogP contribution >= 0.6 is 22.7 Å². The summed E-state index contributed by atoms with van der Waals surface area (Å²) in [7, 11) is 0. The number of carbonyl (C=O) groups excluding carboxylic acids is 1. The number of pyridine rings is 1. The summed E-state index contributed by atoms with van der Waals surface area (Å²) >= 11 is 2.84. The number of thiophene rings is 2. The molecule has 16 heavy (non-hydrogen) atoms. The Labute approximate surface area is 98.5 Å². The quantitative estimate of drug-likeness (QED) is 0.693. The first kappa shape index (κ1) is 9.56. The van der Waals surface area contributed by atoms with E-state index in [9.17, 15) is 4.79 Å². The molecule has 0 saturated heterocycles. The van der Waals surface area contributed by atoms with Crippen molar-refractivity contribution in [2.45, 2.75) is 0 Å². The van der Waals surface area contributed by atoms with Gasteiger partial charge in [0.2, 0.25) is 0 Å². The Morgan fingerprint density at radius 2 is 2.25 bits per heavy atom. The van der Waals surface area contributed by atoms with Gasteiger partial charge in [-0.25, -0.2) is 4.98 Å². The van der Waals surface area contributed by atoms with Crippen LogP contribution in [0.4, 0.5) is 5.69 Å². The fraction of sp³-hybridized carbons (Fsp3) is 0. The van der Waals surface area contributed by atoms with E-state index < -0.39 is 5.91 Å². The predicted molar refractivity (Wildman–Crippen MR) is 67.9 cm³/mol. The Morgan fingerprint density at radius 1 is 1.44 bits per heavy atom. The first-order chi connectivity index (χ1) is 7.66. The zero-order chi connectivity index (χ0) is 11.3. The Kier molecular flexibility index (Phi) is 1.89. The van der Waals surface area contributed by atoms with Gasteiger partial charge in [0.05, 0.1) is 10.4 Å². The van der Waals surface area contributed by atoms with E-state index in [0.29, 0.717) is 16.1 Å². The number of nitrogens with two attached hydrogens (primary N) is 2. The monoisotopic (exact) mass is 249 g/mol. The number of amides is 1. The van der Waals surface area contributed by atoms with Crippen LogP contribution in [0.1, 0.15) is 9.67 Å². The highest BCUT2D eigenvalue weighted by Crippen LogP contribution is 2.35. The molecule has 4 N–H and O–H groups in total. The van der Waals surface area contributed by atoms with Crippen LogP contribution in [0, 0.1) is 0 Å². The largest absolute Gasteiger partial charge is 0.396 e. The van der Waals surface area contributed by atoms with Gasteiger partial charge in [0.1, 0.15) is 15.2 Å². The molecule has 1 amide bonds. The number of nitrogens with zero attached hydrogens (tertiary/aromatic N) is 1.